The van der Waals surface area contributed by atoms with E-state index in [1.807, 2.05) is 36.4 Å². The molecule has 6 nitrogen and oxygen atoms in total. The zero-order chi connectivity index (χ0) is 28.0. The van der Waals surface area contributed by atoms with E-state index in [0.717, 1.165) is 74.1 Å². The number of non-ortho nitro benzene ring substituents is 1. The lowest BCUT2D eigenvalue weighted by Crippen LogP contribution is -2.32. The summed E-state index contributed by atoms with van der Waals surface area (Å²) >= 11 is 0. The fourth-order valence-electron chi connectivity index (χ4n) is 4.82. The number of rotatable bonds is 13. The van der Waals surface area contributed by atoms with Crippen molar-refractivity contribution in [3.63, 3.8) is 0 Å². The van der Waals surface area contributed by atoms with E-state index in [1.54, 1.807) is 12.1 Å². The molecule has 0 bridgehead atoms. The van der Waals surface area contributed by atoms with Crippen LogP contribution in [0.1, 0.15) is 64.5 Å². The summed E-state index contributed by atoms with van der Waals surface area (Å²) in [4.78, 5) is 27.0. The Bertz CT molecular complexity index is 1130. The Morgan fingerprint density at radius 2 is 1.47 bits per heavy atom. The van der Waals surface area contributed by atoms with E-state index in [1.165, 1.54) is 6.07 Å². The Hall–Kier alpha value is -3.67. The molecule has 0 aromatic heterocycles. The minimum atomic E-state index is -0.573. The van der Waals surface area contributed by atoms with Crippen molar-refractivity contribution >= 4 is 23.3 Å². The molecule has 0 spiro atoms. The molecule has 0 aliphatic rings. The lowest BCUT2D eigenvalue weighted by atomic mass is 9.72. The third-order valence-electron chi connectivity index (χ3n) is 6.80. The highest BCUT2D eigenvalue weighted by atomic mass is 16.6. The molecule has 3 aromatic rings. The van der Waals surface area contributed by atoms with E-state index < -0.39 is 5.41 Å². The van der Waals surface area contributed by atoms with E-state index in [-0.39, 0.29) is 10.6 Å². The number of para-hydroxylation sites is 1. The number of carbonyl (C=O) groups excluding carboxylic acids is 1. The summed E-state index contributed by atoms with van der Waals surface area (Å²) in [5.74, 6) is 0. The van der Waals surface area contributed by atoms with Gasteiger partial charge in [-0.1, -0.05) is 81.8 Å². The molecule has 3 rings (SSSR count). The Morgan fingerprint density at radius 1 is 0.842 bits per heavy atom. The number of hydrogen-bond donors (Lipinski definition) is 0. The first-order chi connectivity index (χ1) is 18.4. The van der Waals surface area contributed by atoms with Crippen molar-refractivity contribution in [1.82, 2.24) is 0 Å². The maximum absolute atomic E-state index is 12.3. The Balaban J connectivity index is 0.000000281. The van der Waals surface area contributed by atoms with E-state index in [4.69, 9.17) is 0 Å². The Kier molecular flexibility index (Phi) is 12.5. The molecule has 6 heteroatoms. The van der Waals surface area contributed by atoms with E-state index in [2.05, 4.69) is 68.8 Å². The molecule has 0 aliphatic carbocycles. The van der Waals surface area contributed by atoms with Crippen molar-refractivity contribution in [3.05, 3.63) is 100 Å². The van der Waals surface area contributed by atoms with E-state index >= 15 is 0 Å². The van der Waals surface area contributed by atoms with E-state index in [9.17, 15) is 14.9 Å². The smallest absolute Gasteiger partial charge is 0.271 e. The predicted molar refractivity (Wildman–Crippen MR) is 159 cm³/mol. The molecule has 1 atom stereocenters. The van der Waals surface area contributed by atoms with Crippen LogP contribution >= 0.6 is 0 Å². The van der Waals surface area contributed by atoms with Crippen molar-refractivity contribution in [2.75, 3.05) is 36.5 Å². The summed E-state index contributed by atoms with van der Waals surface area (Å²) in [6.45, 7) is 11.3. The van der Waals surface area contributed by atoms with Crippen LogP contribution < -0.4 is 9.80 Å². The number of nitro groups is 1. The predicted octanol–water partition coefficient (Wildman–Crippen LogP) is 7.65. The summed E-state index contributed by atoms with van der Waals surface area (Å²) in [6.07, 6.45) is 4.99. The largest absolute Gasteiger partial charge is 0.375 e. The zero-order valence-corrected chi connectivity index (χ0v) is 23.6. The molecule has 0 radical (unpaired) electrons. The van der Waals surface area contributed by atoms with Gasteiger partial charge in [0, 0.05) is 50.2 Å². The second kappa shape index (κ2) is 15.6. The third kappa shape index (κ3) is 7.67. The zero-order valence-electron chi connectivity index (χ0n) is 23.6. The van der Waals surface area contributed by atoms with Crippen LogP contribution in [0.25, 0.3) is 0 Å². The monoisotopic (exact) mass is 517 g/mol. The number of anilines is 2. The summed E-state index contributed by atoms with van der Waals surface area (Å²) in [7, 11) is 2.07. The van der Waals surface area contributed by atoms with Crippen LogP contribution in [0.5, 0.6) is 0 Å². The SMILES string of the molecule is CCCC(C=O)(c1ccccc1)c1ccccc1N(C)CC.CCCN(CCC)c1cccc([N+](=O)[O-])c1. The van der Waals surface area contributed by atoms with Gasteiger partial charge in [0.2, 0.25) is 0 Å². The van der Waals surface area contributed by atoms with Crippen molar-refractivity contribution in [2.24, 2.45) is 0 Å². The molecule has 0 amide bonds. The first-order valence-corrected chi connectivity index (χ1v) is 13.7. The lowest BCUT2D eigenvalue weighted by Gasteiger charge is -2.33. The highest BCUT2D eigenvalue weighted by Crippen LogP contribution is 2.40. The van der Waals surface area contributed by atoms with Crippen LogP contribution in [0.4, 0.5) is 17.1 Å². The average molecular weight is 518 g/mol. The first-order valence-electron chi connectivity index (χ1n) is 13.7. The number of nitro benzene ring substituents is 1. The highest BCUT2D eigenvalue weighted by Gasteiger charge is 2.35. The van der Waals surface area contributed by atoms with E-state index in [0.29, 0.717) is 0 Å². The molecule has 0 saturated carbocycles. The second-order valence-corrected chi connectivity index (χ2v) is 9.50. The average Bonchev–Trinajstić information content (AvgIpc) is 2.96. The maximum Gasteiger partial charge on any atom is 0.271 e. The van der Waals surface area contributed by atoms with Crippen LogP contribution in [0.2, 0.25) is 0 Å². The molecule has 0 aliphatic heterocycles. The van der Waals surface area contributed by atoms with Crippen molar-refractivity contribution < 1.29 is 9.72 Å². The number of carbonyl (C=O) groups is 1. The summed E-state index contributed by atoms with van der Waals surface area (Å²) < 4.78 is 0. The highest BCUT2D eigenvalue weighted by molar-refractivity contribution is 5.79. The maximum atomic E-state index is 12.3. The lowest BCUT2D eigenvalue weighted by molar-refractivity contribution is -0.384. The van der Waals surface area contributed by atoms with Gasteiger partial charge in [0.05, 0.1) is 10.3 Å². The fourth-order valence-corrected chi connectivity index (χ4v) is 4.82. The molecular weight excluding hydrogens is 474 g/mol. The fraction of sp³-hybridized carbons (Fsp3) is 0.406. The quantitative estimate of drug-likeness (QED) is 0.132. The Labute approximate surface area is 228 Å². The normalized spacial score (nSPS) is 12.0. The minimum absolute atomic E-state index is 0.162. The molecule has 0 fully saturated rings. The van der Waals surface area contributed by atoms with Gasteiger partial charge >= 0.3 is 0 Å². The van der Waals surface area contributed by atoms with Crippen molar-refractivity contribution in [2.45, 2.75) is 58.8 Å². The van der Waals surface area contributed by atoms with Crippen LogP contribution in [-0.2, 0) is 10.2 Å². The minimum Gasteiger partial charge on any atom is -0.375 e. The molecule has 38 heavy (non-hydrogen) atoms. The van der Waals surface area contributed by atoms with Gasteiger partial charge in [-0.2, -0.15) is 0 Å². The van der Waals surface area contributed by atoms with Gasteiger partial charge in [-0.25, -0.2) is 0 Å². The summed E-state index contributed by atoms with van der Waals surface area (Å²) in [5, 5.41) is 10.7. The molecule has 1 unspecified atom stereocenters. The molecule has 0 saturated heterocycles. The summed E-state index contributed by atoms with van der Waals surface area (Å²) in [6, 6.07) is 25.2. The third-order valence-corrected chi connectivity index (χ3v) is 6.80. The van der Waals surface area contributed by atoms with Crippen molar-refractivity contribution in [3.8, 4) is 0 Å². The van der Waals surface area contributed by atoms with Gasteiger partial charge in [-0.05, 0) is 49.4 Å². The molecule has 204 valence electrons. The molecule has 0 N–H and O–H groups in total. The number of aldehydes is 1. The number of benzene rings is 3. The Morgan fingerprint density at radius 3 is 2.03 bits per heavy atom. The number of nitrogens with zero attached hydrogens (tertiary/aromatic N) is 3. The standard InChI is InChI=1S/C20H25NO.C12H18N2O2/c1-4-15-20(16-22,17-11-7-6-8-12-17)18-13-9-10-14-19(18)21(3)5-2;1-3-8-13(9-4-2)11-6-5-7-12(10-11)14(15)16/h6-14,16H,4-5,15H2,1-3H3;5-7,10H,3-4,8-9H2,1-2H3. The van der Waals surface area contributed by atoms with Crippen molar-refractivity contribution in [1.29, 1.82) is 0 Å². The molecule has 3 aromatic carbocycles. The molecule has 0 heterocycles. The van der Waals surface area contributed by atoms with Crippen LogP contribution in [0.15, 0.2) is 78.9 Å². The van der Waals surface area contributed by atoms with Crippen LogP contribution in [0.3, 0.4) is 0 Å². The van der Waals surface area contributed by atoms with Gasteiger partial charge in [-0.15, -0.1) is 0 Å². The van der Waals surface area contributed by atoms with Gasteiger partial charge in [0.15, 0.2) is 0 Å². The number of hydrogen-bond acceptors (Lipinski definition) is 5. The second-order valence-electron chi connectivity index (χ2n) is 9.50. The first kappa shape index (κ1) is 30.6. The van der Waals surface area contributed by atoms with Crippen LogP contribution in [-0.4, -0.2) is 37.9 Å². The van der Waals surface area contributed by atoms with Gasteiger partial charge in [0.1, 0.15) is 6.29 Å². The van der Waals surface area contributed by atoms with Gasteiger partial charge < -0.3 is 14.6 Å². The molecular formula is C32H43N3O3. The van der Waals surface area contributed by atoms with Crippen LogP contribution in [0, 0.1) is 10.1 Å². The summed E-state index contributed by atoms with van der Waals surface area (Å²) in [5.41, 5.74) is 3.84. The van der Waals surface area contributed by atoms with Gasteiger partial charge in [0.25, 0.3) is 5.69 Å². The van der Waals surface area contributed by atoms with Gasteiger partial charge in [-0.3, -0.25) is 10.1 Å². The topological polar surface area (TPSA) is 66.7 Å².